The lowest BCUT2D eigenvalue weighted by Gasteiger charge is -2.22. The Kier molecular flexibility index (Phi) is 9.07. The van der Waals surface area contributed by atoms with Gasteiger partial charge in [0.1, 0.15) is 30.2 Å². The van der Waals surface area contributed by atoms with E-state index < -0.39 is 54.6 Å². The first-order valence-electron chi connectivity index (χ1n) is 8.90. The molecule has 0 aromatic carbocycles. The van der Waals surface area contributed by atoms with E-state index in [1.165, 1.54) is 17.8 Å². The topological polar surface area (TPSA) is 303 Å². The van der Waals surface area contributed by atoms with Crippen molar-refractivity contribution in [2.75, 3.05) is 18.9 Å². The van der Waals surface area contributed by atoms with Crippen LogP contribution in [0.25, 0.3) is 11.2 Å². The molecular weight excluding hydrogens is 529 g/mol. The highest BCUT2D eigenvalue weighted by molar-refractivity contribution is 7.66. The summed E-state index contributed by atoms with van der Waals surface area (Å²) in [6.45, 7) is 0.115. The fourth-order valence-corrected chi connectivity index (χ4v) is 6.41. The average molecular weight is 552 g/mol. The molecule has 3 heterocycles. The number of phosphoric acid groups is 3. The number of fused-ring (bicyclic) bond motifs is 1. The molecule has 6 atom stereocenters. The third-order valence-corrected chi connectivity index (χ3v) is 8.44. The van der Waals surface area contributed by atoms with Crippen molar-refractivity contribution in [3.8, 4) is 0 Å². The molecule has 34 heavy (non-hydrogen) atoms. The van der Waals surface area contributed by atoms with Gasteiger partial charge in [0.2, 0.25) is 0 Å². The van der Waals surface area contributed by atoms with Crippen LogP contribution in [0.15, 0.2) is 12.7 Å². The van der Waals surface area contributed by atoms with Crippen molar-refractivity contribution in [3.05, 3.63) is 12.7 Å². The standard InChI is InChI=1S/C12H20N5O13P3.H3N/c1-2-26-33(25,30-32(23,24)29-31(20,21)22)27-3-6-8(18)9(19)12(28-6)17-5-16-7-10(13)14-4-15-11(7)17;/h4-6,8-9,12,18-19H,2-3H2,1H3,(H,23,24)(H2,13,14,15)(H2,20,21,22);1H3/t6-,8-,9-,12-,33?;/m1./s1. The molecule has 0 bridgehead atoms. The van der Waals surface area contributed by atoms with E-state index in [4.69, 9.17) is 24.8 Å². The molecule has 1 aliphatic heterocycles. The Bertz CT molecular complexity index is 1140. The Labute approximate surface area is 190 Å². The Morgan fingerprint density at radius 1 is 1.09 bits per heavy atom. The van der Waals surface area contributed by atoms with E-state index in [1.54, 1.807) is 0 Å². The Morgan fingerprint density at radius 2 is 1.76 bits per heavy atom. The minimum Gasteiger partial charge on any atom is -0.387 e. The van der Waals surface area contributed by atoms with E-state index in [9.17, 15) is 28.8 Å². The third kappa shape index (κ3) is 6.63. The summed E-state index contributed by atoms with van der Waals surface area (Å²) in [6, 6.07) is 0. The smallest absolute Gasteiger partial charge is 0.387 e. The molecule has 19 nitrogen and oxygen atoms in total. The van der Waals surface area contributed by atoms with Gasteiger partial charge in [-0.15, -0.1) is 0 Å². The van der Waals surface area contributed by atoms with Crippen LogP contribution in [0.2, 0.25) is 0 Å². The number of nitrogens with zero attached hydrogens (tertiary/aromatic N) is 4. The number of imidazole rings is 1. The van der Waals surface area contributed by atoms with E-state index in [2.05, 4.69) is 28.1 Å². The second-order valence-corrected chi connectivity index (χ2v) is 11.0. The molecule has 1 fully saturated rings. The maximum atomic E-state index is 12.6. The number of hydrogen-bond acceptors (Lipinski definition) is 15. The van der Waals surface area contributed by atoms with Crippen molar-refractivity contribution in [1.82, 2.24) is 25.7 Å². The summed E-state index contributed by atoms with van der Waals surface area (Å²) in [5, 5.41) is 20.7. The highest BCUT2D eigenvalue weighted by Crippen LogP contribution is 2.68. The quantitative estimate of drug-likeness (QED) is 0.184. The molecule has 2 unspecified atom stereocenters. The van der Waals surface area contributed by atoms with Crippen molar-refractivity contribution >= 4 is 40.4 Å². The fraction of sp³-hybridized carbons (Fsp3) is 0.583. The first kappa shape index (κ1) is 28.8. The van der Waals surface area contributed by atoms with Gasteiger partial charge >= 0.3 is 23.5 Å². The lowest BCUT2D eigenvalue weighted by molar-refractivity contribution is -0.0512. The second-order valence-electron chi connectivity index (χ2n) is 6.41. The van der Waals surface area contributed by atoms with E-state index in [0.29, 0.717) is 0 Å². The van der Waals surface area contributed by atoms with Crippen LogP contribution in [0, 0.1) is 0 Å². The van der Waals surface area contributed by atoms with E-state index in [0.717, 1.165) is 6.33 Å². The zero-order chi connectivity index (χ0) is 24.6. The molecular formula is C12H23N6O13P3. The van der Waals surface area contributed by atoms with Gasteiger partial charge in [0.15, 0.2) is 17.7 Å². The number of phosphoric ester groups is 1. The number of aliphatic hydroxyl groups is 2. The van der Waals surface area contributed by atoms with Crippen molar-refractivity contribution in [2.45, 2.75) is 31.5 Å². The summed E-state index contributed by atoms with van der Waals surface area (Å²) in [6.07, 6.45) is -3.41. The van der Waals surface area contributed by atoms with Crippen LogP contribution in [0.5, 0.6) is 0 Å². The third-order valence-electron chi connectivity index (χ3n) is 4.10. The van der Waals surface area contributed by atoms with Crippen molar-refractivity contribution in [2.24, 2.45) is 0 Å². The summed E-state index contributed by atoms with van der Waals surface area (Å²) in [7, 11) is -16.1. The zero-order valence-corrected chi connectivity index (χ0v) is 20.0. The number of aliphatic hydroxyl groups excluding tert-OH is 2. The van der Waals surface area contributed by atoms with Crippen LogP contribution < -0.4 is 11.9 Å². The van der Waals surface area contributed by atoms with Gasteiger partial charge in [-0.05, 0) is 6.92 Å². The highest BCUT2D eigenvalue weighted by Gasteiger charge is 2.47. The molecule has 22 heteroatoms. The van der Waals surface area contributed by atoms with Gasteiger partial charge in [-0.1, -0.05) is 0 Å². The summed E-state index contributed by atoms with van der Waals surface area (Å²) in [5.74, 6) is 0.0624. The molecule has 2 aromatic heterocycles. The Hall–Kier alpha value is -1.40. The molecule has 0 saturated carbocycles. The summed E-state index contributed by atoms with van der Waals surface area (Å²) in [4.78, 5) is 38.5. The van der Waals surface area contributed by atoms with Gasteiger partial charge in [0.05, 0.1) is 19.5 Å². The normalized spacial score (nSPS) is 26.6. The maximum Gasteiger partial charge on any atom is 0.490 e. The minimum absolute atomic E-state index is 0. The average Bonchev–Trinajstić information content (AvgIpc) is 3.21. The molecule has 1 aliphatic rings. The zero-order valence-electron chi connectivity index (χ0n) is 17.3. The molecule has 10 N–H and O–H groups in total. The predicted molar refractivity (Wildman–Crippen MR) is 110 cm³/mol. The number of hydrogen-bond donors (Lipinski definition) is 7. The number of ether oxygens (including phenoxy) is 1. The molecule has 0 amide bonds. The van der Waals surface area contributed by atoms with Crippen LogP contribution >= 0.6 is 23.5 Å². The van der Waals surface area contributed by atoms with Crippen molar-refractivity contribution < 1.29 is 61.0 Å². The highest BCUT2D eigenvalue weighted by atomic mass is 31.3. The lowest BCUT2D eigenvalue weighted by Crippen LogP contribution is -2.33. The van der Waals surface area contributed by atoms with Gasteiger partial charge in [0, 0.05) is 0 Å². The molecule has 0 aliphatic carbocycles. The van der Waals surface area contributed by atoms with Crippen LogP contribution in [-0.4, -0.2) is 75.9 Å². The lowest BCUT2D eigenvalue weighted by atomic mass is 10.1. The molecule has 2 aromatic rings. The number of rotatable bonds is 10. The van der Waals surface area contributed by atoms with Gasteiger partial charge in [-0.3, -0.25) is 13.6 Å². The van der Waals surface area contributed by atoms with Crippen LogP contribution in [0.3, 0.4) is 0 Å². The van der Waals surface area contributed by atoms with E-state index in [-0.39, 0.29) is 29.7 Å². The summed E-state index contributed by atoms with van der Waals surface area (Å²) in [5.41, 5.74) is 6.10. The molecule has 194 valence electrons. The molecule has 0 spiro atoms. The van der Waals surface area contributed by atoms with Gasteiger partial charge in [0.25, 0.3) is 0 Å². The molecule has 3 rings (SSSR count). The predicted octanol–water partition coefficient (Wildman–Crippen LogP) is -0.423. The largest absolute Gasteiger partial charge is 0.490 e. The number of nitrogens with two attached hydrogens (primary N) is 1. The molecule has 0 radical (unpaired) electrons. The van der Waals surface area contributed by atoms with Crippen molar-refractivity contribution in [1.29, 1.82) is 0 Å². The maximum absolute atomic E-state index is 12.6. The van der Waals surface area contributed by atoms with Crippen molar-refractivity contribution in [3.63, 3.8) is 0 Å². The first-order chi connectivity index (χ1) is 15.3. The minimum atomic E-state index is -5.61. The fourth-order valence-electron chi connectivity index (χ4n) is 2.84. The summed E-state index contributed by atoms with van der Waals surface area (Å²) < 4.78 is 59.2. The van der Waals surface area contributed by atoms with Crippen LogP contribution in [-0.2, 0) is 36.1 Å². The summed E-state index contributed by atoms with van der Waals surface area (Å²) >= 11 is 0. The van der Waals surface area contributed by atoms with Gasteiger partial charge in [-0.25, -0.2) is 28.6 Å². The van der Waals surface area contributed by atoms with Crippen LogP contribution in [0.1, 0.15) is 13.2 Å². The monoisotopic (exact) mass is 552 g/mol. The first-order valence-corrected chi connectivity index (χ1v) is 13.4. The number of nitrogen functional groups attached to an aromatic ring is 1. The van der Waals surface area contributed by atoms with Gasteiger partial charge < -0.3 is 41.5 Å². The second kappa shape index (κ2) is 10.7. The SMILES string of the molecule is CCOP(=O)(OC[C@H]1O[C@@H](n2cnc3c(N)ncnc32)[C@H](O)[C@@H]1O)OP(=O)(O)OP(=O)(O)O.N. The Balaban J connectivity index is 0.00000408. The van der Waals surface area contributed by atoms with Gasteiger partial charge in [-0.2, -0.15) is 8.62 Å². The number of anilines is 1. The van der Waals surface area contributed by atoms with Crippen LogP contribution in [0.4, 0.5) is 5.82 Å². The Morgan fingerprint density at radius 3 is 2.38 bits per heavy atom. The van der Waals surface area contributed by atoms with E-state index >= 15 is 0 Å². The number of aromatic nitrogens is 4. The van der Waals surface area contributed by atoms with E-state index in [1.807, 2.05) is 0 Å². The molecule has 1 saturated heterocycles.